The van der Waals surface area contributed by atoms with Crippen LogP contribution < -0.4 is 14.8 Å². The summed E-state index contributed by atoms with van der Waals surface area (Å²) in [6.07, 6.45) is 1.62. The average molecular weight is 553 g/mol. The van der Waals surface area contributed by atoms with Crippen molar-refractivity contribution in [2.75, 3.05) is 19.0 Å². The summed E-state index contributed by atoms with van der Waals surface area (Å²) in [5, 5.41) is 4.60. The SMILES string of the molecule is COc1cc(/C=C2/SC(=O)N(CC(=O)Nc3c(C)cccc3C)C2=O)ccc1OCc1cccc2ccccc12. The van der Waals surface area contributed by atoms with Crippen molar-refractivity contribution in [3.63, 3.8) is 0 Å². The number of carbonyl (C=O) groups excluding carboxylic acids is 3. The summed E-state index contributed by atoms with van der Waals surface area (Å²) in [4.78, 5) is 39.5. The van der Waals surface area contributed by atoms with E-state index in [1.807, 2.05) is 56.3 Å². The number of imide groups is 1. The molecule has 40 heavy (non-hydrogen) atoms. The minimum Gasteiger partial charge on any atom is -0.493 e. The van der Waals surface area contributed by atoms with E-state index in [9.17, 15) is 14.4 Å². The molecule has 4 aromatic carbocycles. The second-order valence-electron chi connectivity index (χ2n) is 9.42. The molecule has 7 nitrogen and oxygen atoms in total. The number of rotatable bonds is 8. The van der Waals surface area contributed by atoms with Crippen LogP contribution in [0.4, 0.5) is 10.5 Å². The van der Waals surface area contributed by atoms with Crippen LogP contribution in [0.5, 0.6) is 11.5 Å². The lowest BCUT2D eigenvalue weighted by Gasteiger charge is -2.15. The van der Waals surface area contributed by atoms with Crippen molar-refractivity contribution in [3.8, 4) is 11.5 Å². The van der Waals surface area contributed by atoms with E-state index in [-0.39, 0.29) is 11.4 Å². The van der Waals surface area contributed by atoms with Gasteiger partial charge in [-0.15, -0.1) is 0 Å². The molecule has 8 heteroatoms. The fraction of sp³-hybridized carbons (Fsp3) is 0.156. The smallest absolute Gasteiger partial charge is 0.294 e. The highest BCUT2D eigenvalue weighted by Gasteiger charge is 2.36. The summed E-state index contributed by atoms with van der Waals surface area (Å²) in [7, 11) is 1.55. The van der Waals surface area contributed by atoms with Crippen molar-refractivity contribution in [2.24, 2.45) is 0 Å². The Labute approximate surface area is 236 Å². The Balaban J connectivity index is 1.28. The standard InChI is InChI=1S/C32H28N2O5S/c1-20-8-6-9-21(2)30(20)33-29(35)18-34-31(36)28(40-32(34)37)17-22-14-15-26(27(16-22)38-3)39-19-24-12-7-11-23-10-4-5-13-25(23)24/h4-17H,18-19H2,1-3H3,(H,33,35)/b28-17+. The lowest BCUT2D eigenvalue weighted by molar-refractivity contribution is -0.127. The summed E-state index contributed by atoms with van der Waals surface area (Å²) in [6, 6.07) is 25.2. The maximum absolute atomic E-state index is 13.0. The zero-order chi connectivity index (χ0) is 28.2. The number of anilines is 1. The molecule has 0 aromatic heterocycles. The number of thioether (sulfide) groups is 1. The first-order valence-electron chi connectivity index (χ1n) is 12.7. The van der Waals surface area contributed by atoms with Gasteiger partial charge in [-0.3, -0.25) is 19.3 Å². The van der Waals surface area contributed by atoms with Gasteiger partial charge in [0.15, 0.2) is 11.5 Å². The number of aryl methyl sites for hydroxylation is 2. The molecule has 3 amide bonds. The number of methoxy groups -OCH3 is 1. The number of amides is 3. The Hall–Kier alpha value is -4.56. The summed E-state index contributed by atoms with van der Waals surface area (Å²) >= 11 is 0.804. The predicted octanol–water partition coefficient (Wildman–Crippen LogP) is 6.72. The molecule has 1 saturated heterocycles. The molecule has 4 aromatic rings. The topological polar surface area (TPSA) is 84.9 Å². The summed E-state index contributed by atoms with van der Waals surface area (Å²) in [5.41, 5.74) is 4.21. The van der Waals surface area contributed by atoms with E-state index >= 15 is 0 Å². The third-order valence-corrected chi connectivity index (χ3v) is 7.58. The number of hydrogen-bond donors (Lipinski definition) is 1. The van der Waals surface area contributed by atoms with Crippen molar-refractivity contribution < 1.29 is 23.9 Å². The fourth-order valence-corrected chi connectivity index (χ4v) is 5.43. The van der Waals surface area contributed by atoms with Crippen LogP contribution in [0.2, 0.25) is 0 Å². The Kier molecular flexibility index (Phi) is 7.89. The first-order chi connectivity index (χ1) is 19.3. The monoisotopic (exact) mass is 552 g/mol. The third kappa shape index (κ3) is 5.72. The lowest BCUT2D eigenvalue weighted by atomic mass is 10.1. The van der Waals surface area contributed by atoms with Gasteiger partial charge in [-0.25, -0.2) is 0 Å². The first-order valence-corrected chi connectivity index (χ1v) is 13.5. The van der Waals surface area contributed by atoms with Gasteiger partial charge in [0.2, 0.25) is 5.91 Å². The molecule has 0 radical (unpaired) electrons. The van der Waals surface area contributed by atoms with E-state index in [4.69, 9.17) is 9.47 Å². The number of ether oxygens (including phenoxy) is 2. The minimum absolute atomic E-state index is 0.233. The highest BCUT2D eigenvalue weighted by Crippen LogP contribution is 2.35. The lowest BCUT2D eigenvalue weighted by Crippen LogP contribution is -2.36. The zero-order valence-corrected chi connectivity index (χ0v) is 23.2. The molecule has 0 bridgehead atoms. The Bertz CT molecular complexity index is 1640. The molecule has 1 aliphatic rings. The zero-order valence-electron chi connectivity index (χ0n) is 22.4. The van der Waals surface area contributed by atoms with Crippen molar-refractivity contribution in [1.29, 1.82) is 0 Å². The van der Waals surface area contributed by atoms with E-state index in [2.05, 4.69) is 23.5 Å². The largest absolute Gasteiger partial charge is 0.493 e. The van der Waals surface area contributed by atoms with Gasteiger partial charge < -0.3 is 14.8 Å². The van der Waals surface area contributed by atoms with Crippen LogP contribution >= 0.6 is 11.8 Å². The highest BCUT2D eigenvalue weighted by molar-refractivity contribution is 8.18. The Morgan fingerprint density at radius 2 is 1.65 bits per heavy atom. The molecule has 1 aliphatic heterocycles. The highest BCUT2D eigenvalue weighted by atomic mass is 32.2. The molecule has 202 valence electrons. The number of benzene rings is 4. The summed E-state index contributed by atoms with van der Waals surface area (Å²) in [6.45, 7) is 3.78. The first kappa shape index (κ1) is 27.0. The van der Waals surface area contributed by atoms with Crippen molar-refractivity contribution in [3.05, 3.63) is 106 Å². The molecule has 0 saturated carbocycles. The van der Waals surface area contributed by atoms with E-state index < -0.39 is 17.1 Å². The molecule has 0 aliphatic carbocycles. The van der Waals surface area contributed by atoms with Gasteiger partial charge >= 0.3 is 0 Å². The van der Waals surface area contributed by atoms with Crippen LogP contribution in [0.3, 0.4) is 0 Å². The molecule has 5 rings (SSSR count). The van der Waals surface area contributed by atoms with E-state index in [1.165, 1.54) is 0 Å². The van der Waals surface area contributed by atoms with Gasteiger partial charge in [0, 0.05) is 5.69 Å². The van der Waals surface area contributed by atoms with E-state index in [0.717, 1.165) is 44.1 Å². The maximum Gasteiger partial charge on any atom is 0.294 e. The molecule has 0 spiro atoms. The molecule has 1 heterocycles. The van der Waals surface area contributed by atoms with Gasteiger partial charge in [-0.05, 0) is 76.8 Å². The fourth-order valence-electron chi connectivity index (χ4n) is 4.59. The van der Waals surface area contributed by atoms with Crippen molar-refractivity contribution >= 4 is 51.4 Å². The number of fused-ring (bicyclic) bond motifs is 1. The Morgan fingerprint density at radius 1 is 0.925 bits per heavy atom. The third-order valence-electron chi connectivity index (χ3n) is 6.67. The number of nitrogens with one attached hydrogen (secondary N) is 1. The normalized spacial score (nSPS) is 14.2. The second-order valence-corrected chi connectivity index (χ2v) is 10.4. The minimum atomic E-state index is -0.512. The van der Waals surface area contributed by atoms with Crippen LogP contribution in [0.1, 0.15) is 22.3 Å². The van der Waals surface area contributed by atoms with E-state index in [0.29, 0.717) is 29.4 Å². The average Bonchev–Trinajstić information content (AvgIpc) is 3.21. The second kappa shape index (κ2) is 11.7. The maximum atomic E-state index is 13.0. The van der Waals surface area contributed by atoms with Crippen molar-refractivity contribution in [2.45, 2.75) is 20.5 Å². The van der Waals surface area contributed by atoms with Gasteiger partial charge in [0.25, 0.3) is 11.1 Å². The van der Waals surface area contributed by atoms with Crippen LogP contribution in [0.25, 0.3) is 16.8 Å². The van der Waals surface area contributed by atoms with Crippen LogP contribution in [0, 0.1) is 13.8 Å². The van der Waals surface area contributed by atoms with Crippen LogP contribution in [-0.2, 0) is 16.2 Å². The predicted molar refractivity (Wildman–Crippen MR) is 158 cm³/mol. The van der Waals surface area contributed by atoms with E-state index in [1.54, 1.807) is 31.4 Å². The molecule has 1 N–H and O–H groups in total. The van der Waals surface area contributed by atoms with Crippen molar-refractivity contribution in [1.82, 2.24) is 4.90 Å². The number of carbonyl (C=O) groups is 3. The number of nitrogens with zero attached hydrogens (tertiary/aromatic N) is 1. The summed E-state index contributed by atoms with van der Waals surface area (Å²) in [5.74, 6) is 0.113. The van der Waals surface area contributed by atoms with Crippen LogP contribution in [-0.4, -0.2) is 35.6 Å². The van der Waals surface area contributed by atoms with Gasteiger partial charge in [0.1, 0.15) is 13.2 Å². The number of hydrogen-bond acceptors (Lipinski definition) is 6. The molecule has 1 fully saturated rings. The summed E-state index contributed by atoms with van der Waals surface area (Å²) < 4.78 is 11.6. The van der Waals surface area contributed by atoms with Crippen LogP contribution in [0.15, 0.2) is 83.8 Å². The molecular formula is C32H28N2O5S. The van der Waals surface area contributed by atoms with Gasteiger partial charge in [0.05, 0.1) is 12.0 Å². The molecular weight excluding hydrogens is 524 g/mol. The van der Waals surface area contributed by atoms with Gasteiger partial charge in [-0.2, -0.15) is 0 Å². The number of para-hydroxylation sites is 1. The molecule has 0 unspecified atom stereocenters. The Morgan fingerprint density at radius 3 is 2.42 bits per heavy atom. The van der Waals surface area contributed by atoms with Gasteiger partial charge in [-0.1, -0.05) is 66.7 Å². The molecule has 0 atom stereocenters. The quantitative estimate of drug-likeness (QED) is 0.244.